The van der Waals surface area contributed by atoms with Crippen LogP contribution in [0.4, 0.5) is 10.6 Å². The summed E-state index contributed by atoms with van der Waals surface area (Å²) in [6, 6.07) is 26.5. The molecule has 268 valence electrons. The summed E-state index contributed by atoms with van der Waals surface area (Å²) in [5, 5.41) is 22.8. The number of aliphatic hydroxyl groups is 1. The molecule has 4 atom stereocenters. The molecule has 3 aromatic carbocycles. The van der Waals surface area contributed by atoms with Crippen LogP contribution in [0, 0.1) is 11.3 Å². The Bertz CT molecular complexity index is 1990. The second-order valence-corrected chi connectivity index (χ2v) is 11.7. The van der Waals surface area contributed by atoms with Gasteiger partial charge in [0.1, 0.15) is 42.2 Å². The number of methoxy groups -OCH3 is 2. The van der Waals surface area contributed by atoms with Crippen molar-refractivity contribution in [2.24, 2.45) is 0 Å². The molecule has 0 spiro atoms. The highest BCUT2D eigenvalue weighted by molar-refractivity contribution is 5.93. The van der Waals surface area contributed by atoms with Gasteiger partial charge in [0, 0.05) is 6.92 Å². The molecule has 1 aliphatic rings. The Morgan fingerprint density at radius 1 is 0.942 bits per heavy atom. The van der Waals surface area contributed by atoms with Crippen molar-refractivity contribution in [1.82, 2.24) is 19.5 Å². The van der Waals surface area contributed by atoms with Crippen LogP contribution in [-0.4, -0.2) is 82.4 Å². The molecule has 5 aromatic rings. The summed E-state index contributed by atoms with van der Waals surface area (Å²) in [5.41, 5.74) is 1.52. The van der Waals surface area contributed by atoms with E-state index in [9.17, 15) is 14.7 Å². The van der Waals surface area contributed by atoms with Crippen LogP contribution in [-0.2, 0) is 29.3 Å². The normalized spacial score (nSPS) is 18.4. The van der Waals surface area contributed by atoms with E-state index in [2.05, 4.69) is 20.3 Å². The van der Waals surface area contributed by atoms with Crippen molar-refractivity contribution in [3.63, 3.8) is 0 Å². The average molecular weight is 709 g/mol. The fourth-order valence-corrected chi connectivity index (χ4v) is 6.15. The number of carbonyl (C=O) groups is 2. The number of esters is 1. The lowest BCUT2D eigenvalue weighted by Crippen LogP contribution is -2.41. The molecule has 52 heavy (non-hydrogen) atoms. The highest BCUT2D eigenvalue weighted by Crippen LogP contribution is 2.43. The predicted molar refractivity (Wildman–Crippen MR) is 184 cm³/mol. The third-order valence-electron chi connectivity index (χ3n) is 8.55. The first-order valence-electron chi connectivity index (χ1n) is 16.3. The van der Waals surface area contributed by atoms with Crippen LogP contribution >= 0.6 is 0 Å². The number of nitriles is 1. The maximum Gasteiger partial charge on any atom is 0.412 e. The summed E-state index contributed by atoms with van der Waals surface area (Å²) in [5.74, 6) is 0.732. The van der Waals surface area contributed by atoms with Crippen molar-refractivity contribution in [1.29, 1.82) is 5.26 Å². The average Bonchev–Trinajstić information content (AvgIpc) is 3.73. The lowest BCUT2D eigenvalue weighted by molar-refractivity contribution is -0.156. The van der Waals surface area contributed by atoms with E-state index in [0.717, 1.165) is 16.7 Å². The first kappa shape index (κ1) is 35.7. The molecule has 1 amide bonds. The summed E-state index contributed by atoms with van der Waals surface area (Å²) in [6.07, 6.45) is -2.88. The number of hydrogen-bond donors (Lipinski definition) is 2. The summed E-state index contributed by atoms with van der Waals surface area (Å²) in [6.45, 7) is 0.992. The molecule has 2 aromatic heterocycles. The van der Waals surface area contributed by atoms with E-state index in [4.69, 9.17) is 33.7 Å². The smallest absolute Gasteiger partial charge is 0.412 e. The minimum Gasteiger partial charge on any atom is -0.497 e. The third kappa shape index (κ3) is 7.21. The van der Waals surface area contributed by atoms with Crippen LogP contribution in [0.2, 0.25) is 0 Å². The van der Waals surface area contributed by atoms with E-state index in [1.807, 2.05) is 84.9 Å². The first-order chi connectivity index (χ1) is 25.3. The molecular weight excluding hydrogens is 672 g/mol. The fraction of sp³-hybridized carbons (Fsp3) is 0.297. The quantitative estimate of drug-likeness (QED) is 0.0989. The lowest BCUT2D eigenvalue weighted by Gasteiger charge is -2.37. The van der Waals surface area contributed by atoms with Gasteiger partial charge in [0.15, 0.2) is 29.3 Å². The maximum atomic E-state index is 12.4. The van der Waals surface area contributed by atoms with Gasteiger partial charge < -0.3 is 33.5 Å². The zero-order chi connectivity index (χ0) is 36.7. The molecule has 3 heterocycles. The molecule has 0 bridgehead atoms. The van der Waals surface area contributed by atoms with Gasteiger partial charge in [0.2, 0.25) is 0 Å². The van der Waals surface area contributed by atoms with Gasteiger partial charge in [0.05, 0.1) is 39.6 Å². The highest BCUT2D eigenvalue weighted by Gasteiger charge is 2.49. The summed E-state index contributed by atoms with van der Waals surface area (Å²) in [4.78, 5) is 37.4. The monoisotopic (exact) mass is 708 g/mol. The van der Waals surface area contributed by atoms with Gasteiger partial charge >= 0.3 is 12.1 Å². The number of rotatable bonds is 13. The molecule has 1 fully saturated rings. The van der Waals surface area contributed by atoms with Crippen LogP contribution in [0.3, 0.4) is 0 Å². The number of hydrogen-bond acceptors (Lipinski definition) is 13. The zero-order valence-electron chi connectivity index (χ0n) is 28.5. The number of nitrogens with zero attached hydrogens (tertiary/aromatic N) is 5. The molecular formula is C37H36N6O9. The van der Waals surface area contributed by atoms with Gasteiger partial charge in [0.25, 0.3) is 0 Å². The second kappa shape index (κ2) is 15.9. The number of imidazole rings is 1. The van der Waals surface area contributed by atoms with Crippen molar-refractivity contribution in [3.8, 4) is 17.6 Å². The second-order valence-electron chi connectivity index (χ2n) is 11.7. The van der Waals surface area contributed by atoms with Gasteiger partial charge in [-0.1, -0.05) is 54.6 Å². The minimum absolute atomic E-state index is 0.0270. The van der Waals surface area contributed by atoms with Crippen LogP contribution in [0.25, 0.3) is 11.2 Å². The predicted octanol–water partition coefficient (Wildman–Crippen LogP) is 4.50. The van der Waals surface area contributed by atoms with Crippen LogP contribution in [0.5, 0.6) is 11.5 Å². The molecule has 0 radical (unpaired) electrons. The summed E-state index contributed by atoms with van der Waals surface area (Å²) in [7, 11) is 3.18. The number of benzene rings is 3. The van der Waals surface area contributed by atoms with Crippen molar-refractivity contribution in [2.75, 3.05) is 32.8 Å². The van der Waals surface area contributed by atoms with Crippen LogP contribution in [0.1, 0.15) is 36.3 Å². The molecule has 2 N–H and O–H groups in total. The fourth-order valence-electron chi connectivity index (χ4n) is 6.15. The van der Waals surface area contributed by atoms with Gasteiger partial charge in [-0.3, -0.25) is 14.7 Å². The zero-order valence-corrected chi connectivity index (χ0v) is 28.5. The van der Waals surface area contributed by atoms with E-state index in [1.54, 1.807) is 14.2 Å². The Morgan fingerprint density at radius 3 is 2.17 bits per heavy atom. The van der Waals surface area contributed by atoms with Crippen molar-refractivity contribution < 1.29 is 43.1 Å². The molecule has 0 saturated carbocycles. The number of fused-ring (bicyclic) bond motifs is 1. The molecule has 1 saturated heterocycles. The minimum atomic E-state index is -1.38. The van der Waals surface area contributed by atoms with Crippen molar-refractivity contribution in [2.45, 2.75) is 43.5 Å². The lowest BCUT2D eigenvalue weighted by atomic mass is 9.80. The van der Waals surface area contributed by atoms with E-state index in [0.29, 0.717) is 11.5 Å². The molecule has 0 aliphatic carbocycles. The Morgan fingerprint density at radius 2 is 1.58 bits per heavy atom. The van der Waals surface area contributed by atoms with Gasteiger partial charge in [-0.05, 0) is 41.0 Å². The number of nitrogens with one attached hydrogen (secondary N) is 1. The van der Waals surface area contributed by atoms with Crippen LogP contribution < -0.4 is 14.8 Å². The Balaban J connectivity index is 1.36. The van der Waals surface area contributed by atoms with Crippen molar-refractivity contribution >= 4 is 29.0 Å². The molecule has 1 aliphatic heterocycles. The SMILES string of the molecule is COc1ccc(C(OC[C@H]2O[C@@H](n3cnc4c(NC(=O)OCCC#N)ncnc43)[C@H](O)[C@@H]2OC(C)=O)(c2ccccc2)c2ccc(OC)cc2)cc1. The molecule has 15 nitrogen and oxygen atoms in total. The highest BCUT2D eigenvalue weighted by atomic mass is 16.6. The van der Waals surface area contributed by atoms with Gasteiger partial charge in [-0.2, -0.15) is 5.26 Å². The topological polar surface area (TPSA) is 189 Å². The Labute approximate surface area is 298 Å². The van der Waals surface area contributed by atoms with E-state index < -0.39 is 42.2 Å². The number of amides is 1. The maximum absolute atomic E-state index is 12.4. The van der Waals surface area contributed by atoms with Gasteiger partial charge in [-0.25, -0.2) is 19.7 Å². The molecule has 15 heteroatoms. The molecule has 0 unspecified atom stereocenters. The van der Waals surface area contributed by atoms with Crippen LogP contribution in [0.15, 0.2) is 91.5 Å². The largest absolute Gasteiger partial charge is 0.497 e. The summed E-state index contributed by atoms with van der Waals surface area (Å²) < 4.78 is 36.4. The Hall–Kier alpha value is -6.08. The number of aliphatic hydroxyl groups excluding tert-OH is 1. The van der Waals surface area contributed by atoms with E-state index in [-0.39, 0.29) is 36.6 Å². The molecule has 6 rings (SSSR count). The van der Waals surface area contributed by atoms with E-state index >= 15 is 0 Å². The number of ether oxygens (including phenoxy) is 6. The number of anilines is 1. The van der Waals surface area contributed by atoms with Crippen molar-refractivity contribution in [3.05, 3.63) is 108 Å². The Kier molecular flexibility index (Phi) is 10.9. The van der Waals surface area contributed by atoms with Gasteiger partial charge in [-0.15, -0.1) is 0 Å². The number of carbonyl (C=O) groups excluding carboxylic acids is 2. The summed E-state index contributed by atoms with van der Waals surface area (Å²) >= 11 is 0. The number of aromatic nitrogens is 4. The van der Waals surface area contributed by atoms with E-state index in [1.165, 1.54) is 24.1 Å². The third-order valence-corrected chi connectivity index (χ3v) is 8.55. The first-order valence-corrected chi connectivity index (χ1v) is 16.3. The standard InChI is InChI=1S/C37H36N6O9/c1-23(44)51-32-29(52-35(31(32)45)43-22-41-30-33(39-21-40-34(30)43)42-36(46)49-19-7-18-38)20-50-37(24-8-5-4-6-9-24,25-10-14-27(47-2)15-11-25)26-12-16-28(48-3)17-13-26/h4-6,8-17,21-22,29,31-32,35,45H,7,19-20H2,1-3H3,(H,39,40,42,46)/t29-,31-,32-,35-/m1/s1.